The molecule has 0 radical (unpaired) electrons. The summed E-state index contributed by atoms with van der Waals surface area (Å²) in [5, 5.41) is 0. The van der Waals surface area contributed by atoms with Crippen LogP contribution in [0.15, 0.2) is 0 Å². The predicted molar refractivity (Wildman–Crippen MR) is 34.2 cm³/mol. The van der Waals surface area contributed by atoms with Gasteiger partial charge in [0.25, 0.3) is 0 Å². The van der Waals surface area contributed by atoms with Crippen LogP contribution in [0, 0.1) is 0 Å². The van der Waals surface area contributed by atoms with Crippen molar-refractivity contribution in [1.29, 1.82) is 0 Å². The van der Waals surface area contributed by atoms with E-state index in [0.717, 1.165) is 0 Å². The molecule has 0 heterocycles. The Kier molecular flexibility index (Phi) is 4.54. The van der Waals surface area contributed by atoms with Gasteiger partial charge in [0, 0.05) is 0 Å². The van der Waals surface area contributed by atoms with Crippen molar-refractivity contribution >= 4 is 20.2 Å². The molecule has 0 spiro atoms. The third-order valence-corrected chi connectivity index (χ3v) is 4.80. The van der Waals surface area contributed by atoms with Gasteiger partial charge in [-0.05, 0) is 0 Å². The summed E-state index contributed by atoms with van der Waals surface area (Å²) in [5.74, 6) is -11.6. The minimum absolute atomic E-state index is 0.712. The molecule has 0 aromatic carbocycles. The van der Waals surface area contributed by atoms with Crippen LogP contribution in [-0.4, -0.2) is 45.3 Å². The maximum atomic E-state index is 12.4. The predicted octanol–water partition coefficient (Wildman–Crippen LogP) is 2.38. The summed E-state index contributed by atoms with van der Waals surface area (Å²) in [4.78, 5) is 0. The molecule has 0 aliphatic carbocycles. The zero-order valence-corrected chi connectivity index (χ0v) is 10.0. The molecule has 0 fully saturated rings. The first-order valence-electron chi connectivity index (χ1n) is 3.35. The van der Waals surface area contributed by atoms with E-state index in [4.69, 9.17) is 0 Å². The normalized spacial score (nSPS) is 14.1. The van der Waals surface area contributed by atoms with Crippen molar-refractivity contribution in [1.82, 2.24) is 0 Å². The Labute approximate surface area is 87.1 Å². The SMILES string of the molecule is C[O][Sn](=[O])[CH2]C(F)(F)C(F)(F)C(F)(F)F. The van der Waals surface area contributed by atoms with Crippen LogP contribution >= 0.6 is 0 Å². The Balaban J connectivity index is 4.93. The van der Waals surface area contributed by atoms with Crippen LogP contribution in [0.2, 0.25) is 4.44 Å². The van der Waals surface area contributed by atoms with E-state index in [0.29, 0.717) is 7.11 Å². The summed E-state index contributed by atoms with van der Waals surface area (Å²) in [6.45, 7) is 0. The first kappa shape index (κ1) is 15.1. The summed E-state index contributed by atoms with van der Waals surface area (Å²) in [5.41, 5.74) is 0. The summed E-state index contributed by atoms with van der Waals surface area (Å²) in [6.07, 6.45) is -6.38. The van der Waals surface area contributed by atoms with Crippen molar-refractivity contribution in [3.8, 4) is 0 Å². The Morgan fingerprint density at radius 1 is 1.07 bits per heavy atom. The minimum atomic E-state index is -6.38. The Morgan fingerprint density at radius 3 is 1.73 bits per heavy atom. The molecule has 10 heteroatoms. The van der Waals surface area contributed by atoms with Crippen molar-refractivity contribution in [3.63, 3.8) is 0 Å². The van der Waals surface area contributed by atoms with Crippen LogP contribution in [0.3, 0.4) is 0 Å². The van der Waals surface area contributed by atoms with Crippen LogP contribution in [0.25, 0.3) is 0 Å². The molecule has 0 rings (SSSR count). The molecule has 0 saturated heterocycles. The quantitative estimate of drug-likeness (QED) is 0.576. The van der Waals surface area contributed by atoms with E-state index in [1.807, 2.05) is 0 Å². The Bertz CT molecular complexity index is 248. The van der Waals surface area contributed by atoms with E-state index in [-0.39, 0.29) is 0 Å². The van der Waals surface area contributed by atoms with Gasteiger partial charge in [-0.15, -0.1) is 0 Å². The van der Waals surface area contributed by atoms with Crippen LogP contribution in [0.5, 0.6) is 0 Å². The van der Waals surface area contributed by atoms with Crippen molar-refractivity contribution in [2.45, 2.75) is 22.5 Å². The monoisotopic (exact) mass is 350 g/mol. The number of alkyl halides is 7. The third kappa shape index (κ3) is 3.26. The maximum absolute atomic E-state index is 12.4. The molecule has 0 unspecified atom stereocenters. The van der Waals surface area contributed by atoms with E-state index >= 15 is 0 Å². The third-order valence-electron chi connectivity index (χ3n) is 1.41. The molecule has 90 valence electrons. The fraction of sp³-hybridized carbons (Fsp3) is 1.00. The van der Waals surface area contributed by atoms with Gasteiger partial charge in [0.05, 0.1) is 0 Å². The fourth-order valence-electron chi connectivity index (χ4n) is 0.572. The van der Waals surface area contributed by atoms with Gasteiger partial charge in [-0.2, -0.15) is 0 Å². The molecule has 0 aromatic rings. The van der Waals surface area contributed by atoms with Crippen LogP contribution in [0.1, 0.15) is 0 Å². The van der Waals surface area contributed by atoms with Gasteiger partial charge in [-0.25, -0.2) is 0 Å². The molecule has 15 heavy (non-hydrogen) atoms. The summed E-state index contributed by atoms with van der Waals surface area (Å²) >= 11 is -4.50. The first-order chi connectivity index (χ1) is 6.45. The molecule has 0 amide bonds. The van der Waals surface area contributed by atoms with E-state index in [1.165, 1.54) is 0 Å². The Morgan fingerprint density at radius 2 is 1.47 bits per heavy atom. The first-order valence-corrected chi connectivity index (χ1v) is 7.69. The van der Waals surface area contributed by atoms with Crippen LogP contribution < -0.4 is 0 Å². The molecule has 0 aliphatic rings. The van der Waals surface area contributed by atoms with Gasteiger partial charge in [-0.1, -0.05) is 0 Å². The molecular formula is C5H5F7O2Sn. The number of rotatable bonds is 4. The summed E-state index contributed by atoms with van der Waals surface area (Å²) < 4.78 is 96.1. The second kappa shape index (κ2) is 4.52. The average Bonchev–Trinajstić information content (AvgIpc) is 2.00. The van der Waals surface area contributed by atoms with Gasteiger partial charge < -0.3 is 0 Å². The van der Waals surface area contributed by atoms with Crippen LogP contribution in [-0.2, 0) is 6.15 Å². The molecule has 2 nitrogen and oxygen atoms in total. The van der Waals surface area contributed by atoms with E-state index in [9.17, 15) is 33.8 Å². The van der Waals surface area contributed by atoms with E-state index < -0.39 is 42.6 Å². The van der Waals surface area contributed by atoms with Gasteiger partial charge in [0.15, 0.2) is 0 Å². The second-order valence-corrected chi connectivity index (χ2v) is 6.83. The van der Waals surface area contributed by atoms with Crippen molar-refractivity contribution in [3.05, 3.63) is 0 Å². The number of hydrogen-bond donors (Lipinski definition) is 0. The van der Waals surface area contributed by atoms with E-state index in [2.05, 4.69) is 3.07 Å². The second-order valence-electron chi connectivity index (χ2n) is 2.53. The van der Waals surface area contributed by atoms with Gasteiger partial charge in [0.1, 0.15) is 0 Å². The topological polar surface area (TPSA) is 26.3 Å². The fourth-order valence-corrected chi connectivity index (χ4v) is 2.65. The zero-order chi connectivity index (χ0) is 12.5. The van der Waals surface area contributed by atoms with Gasteiger partial charge >= 0.3 is 86.6 Å². The number of halogens is 7. The van der Waals surface area contributed by atoms with Crippen molar-refractivity contribution < 1.29 is 36.9 Å². The van der Waals surface area contributed by atoms with Crippen LogP contribution in [0.4, 0.5) is 30.7 Å². The molecule has 0 aromatic heterocycles. The molecular weight excluding hydrogens is 344 g/mol. The average molecular weight is 349 g/mol. The number of hydrogen-bond acceptors (Lipinski definition) is 2. The zero-order valence-electron chi connectivity index (χ0n) is 7.17. The van der Waals surface area contributed by atoms with Gasteiger partial charge in [0.2, 0.25) is 0 Å². The summed E-state index contributed by atoms with van der Waals surface area (Å²) in [6, 6.07) is 0. The summed E-state index contributed by atoms with van der Waals surface area (Å²) in [7, 11) is 0.712. The van der Waals surface area contributed by atoms with E-state index in [1.54, 1.807) is 0 Å². The molecule has 0 aliphatic heterocycles. The van der Waals surface area contributed by atoms with Gasteiger partial charge in [-0.3, -0.25) is 0 Å². The standard InChI is InChI=1S/C4H2F7.CH3O.O.Sn/c1-2(5,6)3(7,8)4(9,10)11;1-2;;/h1H2;1H3;;/q;-1;;+1. The molecule has 0 atom stereocenters. The molecule has 0 N–H and O–H groups in total. The van der Waals surface area contributed by atoms with Crippen molar-refractivity contribution in [2.24, 2.45) is 0 Å². The molecule has 0 saturated carbocycles. The molecule has 0 bridgehead atoms. The van der Waals surface area contributed by atoms with Crippen molar-refractivity contribution in [2.75, 3.05) is 7.11 Å². The Hall–Kier alpha value is 0.0687.